The van der Waals surface area contributed by atoms with Crippen molar-refractivity contribution in [3.63, 3.8) is 0 Å². The van der Waals surface area contributed by atoms with Crippen LogP contribution in [0.5, 0.6) is 11.5 Å². The SMILES string of the molecule is NC1CC2CCCC(C1)C2NC(=O)c1c[nH]cc1-c1ccc2c(c1)OCCO2. The highest BCUT2D eigenvalue weighted by Gasteiger charge is 2.40. The standard InChI is InChI=1S/C22H27N3O3/c23-16-8-14-2-1-3-15(9-16)21(14)25-22(26)18-12-24-11-17(18)13-4-5-19-20(10-13)28-7-6-27-19/h4-5,10-12,14-16,21,24H,1-3,6-9,23H2,(H,25,26). The number of hydrogen-bond donors (Lipinski definition) is 3. The van der Waals surface area contributed by atoms with E-state index < -0.39 is 0 Å². The minimum atomic E-state index is -0.0106. The van der Waals surface area contributed by atoms with Crippen LogP contribution in [0.25, 0.3) is 11.1 Å². The maximum Gasteiger partial charge on any atom is 0.253 e. The Kier molecular flexibility index (Phi) is 4.51. The Labute approximate surface area is 164 Å². The van der Waals surface area contributed by atoms with E-state index in [1.54, 1.807) is 6.20 Å². The van der Waals surface area contributed by atoms with Crippen LogP contribution in [0.2, 0.25) is 0 Å². The van der Waals surface area contributed by atoms with E-state index in [4.69, 9.17) is 15.2 Å². The summed E-state index contributed by atoms with van der Waals surface area (Å²) in [5.41, 5.74) is 8.73. The van der Waals surface area contributed by atoms with Crippen LogP contribution >= 0.6 is 0 Å². The van der Waals surface area contributed by atoms with Gasteiger partial charge in [0.2, 0.25) is 0 Å². The number of rotatable bonds is 3. The molecule has 1 aromatic heterocycles. The number of ether oxygens (including phenoxy) is 2. The molecule has 2 bridgehead atoms. The highest BCUT2D eigenvalue weighted by atomic mass is 16.6. The van der Waals surface area contributed by atoms with Crippen LogP contribution in [0.3, 0.4) is 0 Å². The zero-order chi connectivity index (χ0) is 19.1. The topological polar surface area (TPSA) is 89.4 Å². The molecule has 0 saturated heterocycles. The summed E-state index contributed by atoms with van der Waals surface area (Å²) >= 11 is 0. The second-order valence-corrected chi connectivity index (χ2v) is 8.32. The first-order valence-electron chi connectivity index (χ1n) is 10.3. The third kappa shape index (κ3) is 3.15. The van der Waals surface area contributed by atoms with E-state index in [1.165, 1.54) is 6.42 Å². The Morgan fingerprint density at radius 3 is 2.61 bits per heavy atom. The summed E-state index contributed by atoms with van der Waals surface area (Å²) in [4.78, 5) is 16.3. The maximum absolute atomic E-state index is 13.2. The quantitative estimate of drug-likeness (QED) is 0.762. The van der Waals surface area contributed by atoms with Crippen LogP contribution in [0, 0.1) is 11.8 Å². The first-order valence-corrected chi connectivity index (χ1v) is 10.3. The lowest BCUT2D eigenvalue weighted by Crippen LogP contribution is -2.53. The van der Waals surface area contributed by atoms with E-state index in [0.29, 0.717) is 30.6 Å². The smallest absolute Gasteiger partial charge is 0.253 e. The molecule has 1 aromatic carbocycles. The number of aromatic amines is 1. The van der Waals surface area contributed by atoms with Crippen molar-refractivity contribution in [2.45, 2.75) is 44.2 Å². The lowest BCUT2D eigenvalue weighted by Gasteiger charge is -2.45. The van der Waals surface area contributed by atoms with Gasteiger partial charge in [0.05, 0.1) is 5.56 Å². The molecule has 2 aromatic rings. The van der Waals surface area contributed by atoms with Crippen molar-refractivity contribution in [2.24, 2.45) is 17.6 Å². The first kappa shape index (κ1) is 17.6. The first-order chi connectivity index (χ1) is 13.7. The van der Waals surface area contributed by atoms with Gasteiger partial charge in [-0.3, -0.25) is 4.79 Å². The van der Waals surface area contributed by atoms with Crippen molar-refractivity contribution in [2.75, 3.05) is 13.2 Å². The van der Waals surface area contributed by atoms with Crippen LogP contribution in [0.4, 0.5) is 0 Å². The van der Waals surface area contributed by atoms with Gasteiger partial charge in [0, 0.05) is 30.0 Å². The average molecular weight is 381 g/mol. The molecule has 2 fully saturated rings. The van der Waals surface area contributed by atoms with Gasteiger partial charge in [-0.05, 0) is 55.2 Å². The molecule has 0 spiro atoms. The molecule has 28 heavy (non-hydrogen) atoms. The summed E-state index contributed by atoms with van der Waals surface area (Å²) in [6.45, 7) is 1.11. The number of benzene rings is 1. The number of carbonyl (C=O) groups excluding carboxylic acids is 1. The van der Waals surface area contributed by atoms with Crippen molar-refractivity contribution in [1.82, 2.24) is 10.3 Å². The zero-order valence-corrected chi connectivity index (χ0v) is 15.9. The molecule has 5 rings (SSSR count). The van der Waals surface area contributed by atoms with E-state index in [2.05, 4.69) is 10.3 Å². The van der Waals surface area contributed by atoms with E-state index in [0.717, 1.165) is 48.3 Å². The van der Waals surface area contributed by atoms with Crippen LogP contribution in [0.15, 0.2) is 30.6 Å². The Balaban J connectivity index is 1.38. The number of nitrogens with two attached hydrogens (primary N) is 1. The summed E-state index contributed by atoms with van der Waals surface area (Å²) in [5.74, 6) is 2.48. The van der Waals surface area contributed by atoms with Crippen LogP contribution in [0.1, 0.15) is 42.5 Å². The highest BCUT2D eigenvalue weighted by Crippen LogP contribution is 2.40. The number of amides is 1. The zero-order valence-electron chi connectivity index (χ0n) is 15.9. The number of aromatic nitrogens is 1. The summed E-state index contributed by atoms with van der Waals surface area (Å²) < 4.78 is 11.3. The maximum atomic E-state index is 13.2. The van der Waals surface area contributed by atoms with Gasteiger partial charge in [0.1, 0.15) is 13.2 Å². The molecule has 4 N–H and O–H groups in total. The molecule has 0 radical (unpaired) electrons. The lowest BCUT2D eigenvalue weighted by molar-refractivity contribution is 0.0756. The van der Waals surface area contributed by atoms with Gasteiger partial charge in [-0.1, -0.05) is 12.5 Å². The van der Waals surface area contributed by atoms with Crippen molar-refractivity contribution < 1.29 is 14.3 Å². The van der Waals surface area contributed by atoms with Gasteiger partial charge in [-0.15, -0.1) is 0 Å². The predicted octanol–water partition coefficient (Wildman–Crippen LogP) is 3.09. The lowest BCUT2D eigenvalue weighted by atomic mass is 9.67. The van der Waals surface area contributed by atoms with E-state index in [-0.39, 0.29) is 18.0 Å². The molecule has 2 unspecified atom stereocenters. The van der Waals surface area contributed by atoms with Crippen LogP contribution < -0.4 is 20.5 Å². The highest BCUT2D eigenvalue weighted by molar-refractivity contribution is 6.01. The monoisotopic (exact) mass is 381 g/mol. The number of carbonyl (C=O) groups is 1. The number of fused-ring (bicyclic) bond motifs is 3. The summed E-state index contributed by atoms with van der Waals surface area (Å²) in [7, 11) is 0. The predicted molar refractivity (Wildman–Crippen MR) is 107 cm³/mol. The number of nitrogens with one attached hydrogen (secondary N) is 2. The third-order valence-electron chi connectivity index (χ3n) is 6.52. The largest absolute Gasteiger partial charge is 0.486 e. The molecule has 3 aliphatic rings. The molecule has 2 heterocycles. The minimum Gasteiger partial charge on any atom is -0.486 e. The van der Waals surface area contributed by atoms with Gasteiger partial charge in [0.15, 0.2) is 11.5 Å². The molecule has 6 nitrogen and oxygen atoms in total. The molecular formula is C22H27N3O3. The summed E-state index contributed by atoms with van der Waals surface area (Å²) in [6, 6.07) is 6.35. The minimum absolute atomic E-state index is 0.0106. The second-order valence-electron chi connectivity index (χ2n) is 8.32. The number of hydrogen-bond acceptors (Lipinski definition) is 4. The van der Waals surface area contributed by atoms with Crippen molar-refractivity contribution >= 4 is 5.91 Å². The third-order valence-corrected chi connectivity index (χ3v) is 6.52. The molecule has 2 saturated carbocycles. The Bertz CT molecular complexity index is 864. The van der Waals surface area contributed by atoms with Gasteiger partial charge in [-0.25, -0.2) is 0 Å². The van der Waals surface area contributed by atoms with Gasteiger partial charge in [-0.2, -0.15) is 0 Å². The normalized spacial score (nSPS) is 28.6. The second kappa shape index (κ2) is 7.17. The van der Waals surface area contributed by atoms with Crippen molar-refractivity contribution in [3.05, 3.63) is 36.2 Å². The van der Waals surface area contributed by atoms with Crippen molar-refractivity contribution in [3.8, 4) is 22.6 Å². The van der Waals surface area contributed by atoms with E-state index >= 15 is 0 Å². The Morgan fingerprint density at radius 1 is 1.07 bits per heavy atom. The molecule has 148 valence electrons. The van der Waals surface area contributed by atoms with Gasteiger partial charge >= 0.3 is 0 Å². The van der Waals surface area contributed by atoms with Crippen LogP contribution in [-0.4, -0.2) is 36.2 Å². The Hall–Kier alpha value is -2.47. The fourth-order valence-corrected chi connectivity index (χ4v) is 5.26. The molecular weight excluding hydrogens is 354 g/mol. The molecule has 2 aliphatic carbocycles. The number of H-pyrrole nitrogens is 1. The van der Waals surface area contributed by atoms with Gasteiger partial charge < -0.3 is 25.5 Å². The van der Waals surface area contributed by atoms with E-state index in [9.17, 15) is 4.79 Å². The molecule has 1 amide bonds. The Morgan fingerprint density at radius 2 is 1.82 bits per heavy atom. The van der Waals surface area contributed by atoms with E-state index in [1.807, 2.05) is 24.4 Å². The molecule has 6 heteroatoms. The fraction of sp³-hybridized carbons (Fsp3) is 0.500. The average Bonchev–Trinajstić information content (AvgIpc) is 3.18. The summed E-state index contributed by atoms with van der Waals surface area (Å²) in [6.07, 6.45) is 9.27. The van der Waals surface area contributed by atoms with Crippen molar-refractivity contribution in [1.29, 1.82) is 0 Å². The fourth-order valence-electron chi connectivity index (χ4n) is 5.26. The summed E-state index contributed by atoms with van der Waals surface area (Å²) in [5, 5.41) is 3.35. The molecule has 1 aliphatic heterocycles. The van der Waals surface area contributed by atoms with Gasteiger partial charge in [0.25, 0.3) is 5.91 Å². The molecule has 2 atom stereocenters. The van der Waals surface area contributed by atoms with Crippen LogP contribution in [-0.2, 0) is 0 Å².